The minimum Gasteiger partial charge on any atom is -0.368 e. The first-order valence-corrected chi connectivity index (χ1v) is 9.13. The van der Waals surface area contributed by atoms with Crippen molar-refractivity contribution in [3.8, 4) is 10.6 Å². The first-order chi connectivity index (χ1) is 11.9. The molecule has 1 fully saturated rings. The van der Waals surface area contributed by atoms with Gasteiger partial charge in [0.25, 0.3) is 5.91 Å². The second-order valence-electron chi connectivity index (χ2n) is 6.61. The van der Waals surface area contributed by atoms with Crippen LogP contribution in [0.1, 0.15) is 24.3 Å². The van der Waals surface area contributed by atoms with E-state index in [1.165, 1.54) is 11.3 Å². The lowest BCUT2D eigenvalue weighted by Gasteiger charge is -2.42. The minimum absolute atomic E-state index is 0.0602. The van der Waals surface area contributed by atoms with Crippen LogP contribution in [0.2, 0.25) is 0 Å². The third-order valence-corrected chi connectivity index (χ3v) is 5.60. The van der Waals surface area contributed by atoms with Crippen LogP contribution in [-0.2, 0) is 4.79 Å². The Hall–Kier alpha value is -2.25. The van der Waals surface area contributed by atoms with Crippen LogP contribution in [0.15, 0.2) is 35.7 Å². The molecule has 0 unspecified atom stereocenters. The largest absolute Gasteiger partial charge is 0.368 e. The number of amides is 2. The Kier molecular flexibility index (Phi) is 4.87. The molecule has 0 aliphatic carbocycles. The Morgan fingerprint density at radius 1 is 1.12 bits per heavy atom. The molecule has 2 amide bonds. The molecule has 1 aromatic carbocycles. The average molecular weight is 358 g/mol. The van der Waals surface area contributed by atoms with Gasteiger partial charge in [-0.15, -0.1) is 11.3 Å². The maximum absolute atomic E-state index is 12.7. The van der Waals surface area contributed by atoms with Gasteiger partial charge < -0.3 is 10.6 Å². The van der Waals surface area contributed by atoms with Gasteiger partial charge in [-0.3, -0.25) is 14.5 Å². The Bertz CT molecular complexity index is 764. The molecule has 2 aromatic rings. The number of thiazole rings is 1. The molecule has 132 valence electrons. The van der Waals surface area contributed by atoms with Crippen LogP contribution >= 0.6 is 11.3 Å². The highest BCUT2D eigenvalue weighted by atomic mass is 32.1. The predicted molar refractivity (Wildman–Crippen MR) is 98.3 cm³/mol. The molecule has 6 nitrogen and oxygen atoms in total. The van der Waals surface area contributed by atoms with Crippen molar-refractivity contribution in [2.24, 2.45) is 5.73 Å². The van der Waals surface area contributed by atoms with E-state index in [4.69, 9.17) is 5.73 Å². The summed E-state index contributed by atoms with van der Waals surface area (Å²) in [6.07, 6.45) is 0. The molecule has 1 aliphatic heterocycles. The van der Waals surface area contributed by atoms with E-state index in [9.17, 15) is 9.59 Å². The number of benzene rings is 1. The molecule has 3 rings (SSSR count). The molecule has 1 aliphatic rings. The number of nitrogens with zero attached hydrogens (tertiary/aromatic N) is 3. The minimum atomic E-state index is -0.698. The number of primary amides is 1. The first-order valence-electron chi connectivity index (χ1n) is 8.25. The summed E-state index contributed by atoms with van der Waals surface area (Å²) in [5, 5.41) is 2.65. The van der Waals surface area contributed by atoms with Gasteiger partial charge in [0.1, 0.15) is 10.7 Å². The van der Waals surface area contributed by atoms with Gasteiger partial charge in [0.05, 0.1) is 5.54 Å². The second kappa shape index (κ2) is 6.93. The zero-order chi connectivity index (χ0) is 18.0. The summed E-state index contributed by atoms with van der Waals surface area (Å²) in [5.41, 5.74) is 6.27. The lowest BCUT2D eigenvalue weighted by Crippen LogP contribution is -2.60. The molecule has 0 saturated carbocycles. The summed E-state index contributed by atoms with van der Waals surface area (Å²) in [5.74, 6) is -0.408. The normalized spacial score (nSPS) is 16.0. The van der Waals surface area contributed by atoms with E-state index in [0.717, 1.165) is 10.6 Å². The molecule has 0 radical (unpaired) electrons. The Balaban J connectivity index is 1.66. The van der Waals surface area contributed by atoms with E-state index in [1.54, 1.807) is 4.90 Å². The highest BCUT2D eigenvalue weighted by molar-refractivity contribution is 7.13. The maximum Gasteiger partial charge on any atom is 0.273 e. The van der Waals surface area contributed by atoms with Crippen LogP contribution in [0.3, 0.4) is 0 Å². The number of carbonyl (C=O) groups is 2. The van der Waals surface area contributed by atoms with Gasteiger partial charge in [0.2, 0.25) is 5.91 Å². The zero-order valence-electron chi connectivity index (χ0n) is 14.4. The van der Waals surface area contributed by atoms with Crippen LogP contribution in [0.25, 0.3) is 10.6 Å². The highest BCUT2D eigenvalue weighted by Crippen LogP contribution is 2.24. The lowest BCUT2D eigenvalue weighted by atomic mass is 10.0. The van der Waals surface area contributed by atoms with Crippen molar-refractivity contribution in [3.63, 3.8) is 0 Å². The lowest BCUT2D eigenvalue weighted by molar-refractivity contribution is -0.129. The molecule has 2 heterocycles. The fourth-order valence-electron chi connectivity index (χ4n) is 2.87. The number of carbonyl (C=O) groups excluding carboxylic acids is 2. The average Bonchev–Trinajstić information content (AvgIpc) is 3.12. The number of hydrogen-bond acceptors (Lipinski definition) is 5. The van der Waals surface area contributed by atoms with Crippen molar-refractivity contribution in [2.75, 3.05) is 26.2 Å². The third kappa shape index (κ3) is 3.57. The van der Waals surface area contributed by atoms with E-state index in [1.807, 2.05) is 54.5 Å². The first kappa shape index (κ1) is 17.6. The van der Waals surface area contributed by atoms with Gasteiger partial charge in [-0.2, -0.15) is 0 Å². The van der Waals surface area contributed by atoms with Gasteiger partial charge in [-0.25, -0.2) is 4.98 Å². The van der Waals surface area contributed by atoms with Crippen LogP contribution in [0, 0.1) is 0 Å². The van der Waals surface area contributed by atoms with Crippen LogP contribution < -0.4 is 5.73 Å². The van der Waals surface area contributed by atoms with Crippen molar-refractivity contribution in [1.82, 2.24) is 14.8 Å². The molecule has 1 saturated heterocycles. The van der Waals surface area contributed by atoms with Gasteiger partial charge in [-0.1, -0.05) is 30.3 Å². The van der Waals surface area contributed by atoms with E-state index in [-0.39, 0.29) is 11.8 Å². The number of aromatic nitrogens is 1. The molecular formula is C18H22N4O2S. The fraction of sp³-hybridized carbons (Fsp3) is 0.389. The van der Waals surface area contributed by atoms with Gasteiger partial charge in [0, 0.05) is 37.1 Å². The number of piperazine rings is 1. The van der Waals surface area contributed by atoms with Crippen molar-refractivity contribution in [2.45, 2.75) is 19.4 Å². The number of rotatable bonds is 4. The molecule has 0 spiro atoms. The fourth-order valence-corrected chi connectivity index (χ4v) is 3.67. The number of nitrogens with two attached hydrogens (primary N) is 1. The topological polar surface area (TPSA) is 79.5 Å². The summed E-state index contributed by atoms with van der Waals surface area (Å²) in [7, 11) is 0. The van der Waals surface area contributed by atoms with Crippen LogP contribution in [-0.4, -0.2) is 58.3 Å². The Morgan fingerprint density at radius 3 is 2.36 bits per heavy atom. The third-order valence-electron chi connectivity index (χ3n) is 4.70. The van der Waals surface area contributed by atoms with Gasteiger partial charge in [0.15, 0.2) is 0 Å². The summed E-state index contributed by atoms with van der Waals surface area (Å²) >= 11 is 1.47. The molecule has 7 heteroatoms. The quantitative estimate of drug-likeness (QED) is 0.904. The van der Waals surface area contributed by atoms with Crippen molar-refractivity contribution in [3.05, 3.63) is 41.4 Å². The Morgan fingerprint density at radius 2 is 1.76 bits per heavy atom. The van der Waals surface area contributed by atoms with E-state index in [0.29, 0.717) is 31.9 Å². The van der Waals surface area contributed by atoms with E-state index >= 15 is 0 Å². The smallest absolute Gasteiger partial charge is 0.273 e. The zero-order valence-corrected chi connectivity index (χ0v) is 15.3. The van der Waals surface area contributed by atoms with Crippen molar-refractivity contribution < 1.29 is 9.59 Å². The summed E-state index contributed by atoms with van der Waals surface area (Å²) in [6.45, 7) is 6.01. The predicted octanol–water partition coefficient (Wildman–Crippen LogP) is 1.83. The molecule has 2 N–H and O–H groups in total. The molecule has 25 heavy (non-hydrogen) atoms. The van der Waals surface area contributed by atoms with Gasteiger partial charge in [-0.05, 0) is 13.8 Å². The molecule has 0 bridgehead atoms. The second-order valence-corrected chi connectivity index (χ2v) is 7.46. The molecular weight excluding hydrogens is 336 g/mol. The van der Waals surface area contributed by atoms with Crippen molar-refractivity contribution >= 4 is 23.2 Å². The summed E-state index contributed by atoms with van der Waals surface area (Å²) in [4.78, 5) is 32.6. The monoisotopic (exact) mass is 358 g/mol. The van der Waals surface area contributed by atoms with Gasteiger partial charge >= 0.3 is 0 Å². The van der Waals surface area contributed by atoms with E-state index in [2.05, 4.69) is 4.98 Å². The van der Waals surface area contributed by atoms with Crippen LogP contribution in [0.5, 0.6) is 0 Å². The summed E-state index contributed by atoms with van der Waals surface area (Å²) in [6, 6.07) is 9.83. The van der Waals surface area contributed by atoms with Crippen LogP contribution in [0.4, 0.5) is 0 Å². The SMILES string of the molecule is CC(C)(C(N)=O)N1CCN(C(=O)c2csc(-c3ccccc3)n2)CC1. The number of hydrogen-bond donors (Lipinski definition) is 1. The molecule has 0 atom stereocenters. The molecule has 1 aromatic heterocycles. The maximum atomic E-state index is 12.7. The highest BCUT2D eigenvalue weighted by Gasteiger charge is 2.35. The summed E-state index contributed by atoms with van der Waals surface area (Å²) < 4.78 is 0. The van der Waals surface area contributed by atoms with Crippen molar-refractivity contribution in [1.29, 1.82) is 0 Å². The standard InChI is InChI=1S/C18H22N4O2S/c1-18(2,17(19)24)22-10-8-21(9-11-22)16(23)14-12-25-15(20-14)13-6-4-3-5-7-13/h3-7,12H,8-11H2,1-2H3,(H2,19,24). The Labute approximate surface area is 151 Å². The van der Waals surface area contributed by atoms with E-state index < -0.39 is 5.54 Å².